The maximum absolute atomic E-state index is 5.00. The Morgan fingerprint density at radius 2 is 1.28 bits per heavy atom. The van der Waals surface area contributed by atoms with Crippen molar-refractivity contribution in [2.24, 2.45) is 0 Å². The molecule has 0 aliphatic heterocycles. The van der Waals surface area contributed by atoms with Gasteiger partial charge in [-0.15, -0.1) is 0 Å². The first-order valence-electron chi connectivity index (χ1n) is 10.6. The van der Waals surface area contributed by atoms with E-state index in [9.17, 15) is 0 Å². The number of H-pyrrole nitrogens is 1. The molecule has 4 aromatic heterocycles. The molecule has 0 spiro atoms. The number of aromatic nitrogens is 6. The molecule has 0 aliphatic rings. The Bertz CT molecular complexity index is 2000. The summed E-state index contributed by atoms with van der Waals surface area (Å²) in [5.74, 6) is 1.76. The number of nitrogens with zero attached hydrogens (tertiary/aromatic N) is 5. The molecule has 0 atom stereocenters. The highest BCUT2D eigenvalue weighted by Gasteiger charge is 2.18. The van der Waals surface area contributed by atoms with Crippen molar-refractivity contribution in [3.63, 3.8) is 0 Å². The minimum absolute atomic E-state index is 0.854. The third-order valence-electron chi connectivity index (χ3n) is 6.39. The molecule has 0 bridgehead atoms. The molecule has 150 valence electrons. The number of aromatic amines is 1. The average molecular weight is 412 g/mol. The minimum Gasteiger partial charge on any atom is -0.323 e. The molecule has 8 rings (SSSR count). The van der Waals surface area contributed by atoms with E-state index in [4.69, 9.17) is 9.97 Å². The minimum atomic E-state index is 0.854. The van der Waals surface area contributed by atoms with Crippen LogP contribution in [0.2, 0.25) is 0 Å². The van der Waals surface area contributed by atoms with Gasteiger partial charge in [-0.05, 0) is 54.6 Å². The SMILES string of the molecule is c1ccc2c(c1)nc1n(-c3ccc4nc5[nH]c6ccccc6n5c4c3)c3ccccc3n21. The Balaban J connectivity index is 1.53. The number of hydrogen-bond donors (Lipinski definition) is 1. The van der Waals surface area contributed by atoms with Crippen molar-refractivity contribution in [1.29, 1.82) is 0 Å². The Labute approximate surface area is 181 Å². The zero-order valence-corrected chi connectivity index (χ0v) is 16.9. The van der Waals surface area contributed by atoms with Gasteiger partial charge in [0.1, 0.15) is 0 Å². The van der Waals surface area contributed by atoms with E-state index in [1.165, 1.54) is 0 Å². The van der Waals surface area contributed by atoms with Crippen molar-refractivity contribution >= 4 is 55.7 Å². The average Bonchev–Trinajstić information content (AvgIpc) is 3.55. The topological polar surface area (TPSA) is 55.3 Å². The van der Waals surface area contributed by atoms with Crippen molar-refractivity contribution in [2.75, 3.05) is 0 Å². The van der Waals surface area contributed by atoms with Crippen LogP contribution >= 0.6 is 0 Å². The first kappa shape index (κ1) is 16.2. The molecule has 0 radical (unpaired) electrons. The zero-order valence-electron chi connectivity index (χ0n) is 16.9. The van der Waals surface area contributed by atoms with Crippen molar-refractivity contribution in [3.05, 3.63) is 91.0 Å². The number of benzene rings is 4. The van der Waals surface area contributed by atoms with E-state index in [-0.39, 0.29) is 0 Å². The second-order valence-corrected chi connectivity index (χ2v) is 8.15. The van der Waals surface area contributed by atoms with Gasteiger partial charge in [-0.1, -0.05) is 36.4 Å². The molecule has 6 heteroatoms. The van der Waals surface area contributed by atoms with E-state index in [1.54, 1.807) is 0 Å². The zero-order chi connectivity index (χ0) is 20.8. The van der Waals surface area contributed by atoms with Gasteiger partial charge in [0.05, 0.1) is 49.8 Å². The Morgan fingerprint density at radius 1 is 0.562 bits per heavy atom. The van der Waals surface area contributed by atoms with Crippen LogP contribution in [0.15, 0.2) is 91.0 Å². The highest BCUT2D eigenvalue weighted by atomic mass is 15.2. The lowest BCUT2D eigenvalue weighted by Crippen LogP contribution is -1.95. The third-order valence-corrected chi connectivity index (χ3v) is 6.39. The maximum atomic E-state index is 5.00. The van der Waals surface area contributed by atoms with E-state index < -0.39 is 0 Å². The molecule has 32 heavy (non-hydrogen) atoms. The standard InChI is InChI=1S/C26H16N6/c1-3-9-20-17(7-1)27-25-28-19-14-13-16(15-24(19)31(20)25)30-22-11-5-6-12-23(22)32-21-10-4-2-8-18(21)29-26(30)32/h1-15H,(H,27,28). The quantitative estimate of drug-likeness (QED) is 0.375. The number of hydrogen-bond acceptors (Lipinski definition) is 2. The van der Waals surface area contributed by atoms with Crippen LogP contribution < -0.4 is 0 Å². The summed E-state index contributed by atoms with van der Waals surface area (Å²) in [5, 5.41) is 0. The van der Waals surface area contributed by atoms with Crippen LogP contribution in [0.1, 0.15) is 0 Å². The molecule has 0 amide bonds. The number of para-hydroxylation sites is 6. The predicted octanol–water partition coefficient (Wildman–Crippen LogP) is 5.71. The smallest absolute Gasteiger partial charge is 0.220 e. The fourth-order valence-corrected chi connectivity index (χ4v) is 5.03. The van der Waals surface area contributed by atoms with Crippen LogP contribution in [0.25, 0.3) is 61.4 Å². The van der Waals surface area contributed by atoms with Crippen LogP contribution in [0.4, 0.5) is 0 Å². The lowest BCUT2D eigenvalue weighted by atomic mass is 10.2. The molecule has 6 nitrogen and oxygen atoms in total. The summed E-state index contributed by atoms with van der Waals surface area (Å²) in [5.41, 5.74) is 9.67. The van der Waals surface area contributed by atoms with Gasteiger partial charge in [-0.3, -0.25) is 13.4 Å². The third kappa shape index (κ3) is 1.90. The van der Waals surface area contributed by atoms with Gasteiger partial charge in [0.25, 0.3) is 0 Å². The number of imidazole rings is 4. The lowest BCUT2D eigenvalue weighted by Gasteiger charge is -2.06. The van der Waals surface area contributed by atoms with E-state index in [1.807, 2.05) is 12.1 Å². The molecule has 4 heterocycles. The molecule has 0 saturated heterocycles. The van der Waals surface area contributed by atoms with Gasteiger partial charge in [0.15, 0.2) is 0 Å². The van der Waals surface area contributed by atoms with Crippen LogP contribution in [0.5, 0.6) is 0 Å². The molecule has 1 N–H and O–H groups in total. The summed E-state index contributed by atoms with van der Waals surface area (Å²) >= 11 is 0. The van der Waals surface area contributed by atoms with Gasteiger partial charge in [-0.2, -0.15) is 0 Å². The van der Waals surface area contributed by atoms with E-state index in [0.717, 1.165) is 61.4 Å². The Kier molecular flexibility index (Phi) is 2.81. The summed E-state index contributed by atoms with van der Waals surface area (Å²) in [7, 11) is 0. The largest absolute Gasteiger partial charge is 0.323 e. The molecule has 4 aromatic carbocycles. The highest BCUT2D eigenvalue weighted by molar-refractivity contribution is 5.94. The van der Waals surface area contributed by atoms with Crippen LogP contribution in [-0.4, -0.2) is 28.3 Å². The van der Waals surface area contributed by atoms with Gasteiger partial charge in [0.2, 0.25) is 11.6 Å². The van der Waals surface area contributed by atoms with Gasteiger partial charge < -0.3 is 4.98 Å². The summed E-state index contributed by atoms with van der Waals surface area (Å²) < 4.78 is 6.68. The summed E-state index contributed by atoms with van der Waals surface area (Å²) in [4.78, 5) is 13.2. The van der Waals surface area contributed by atoms with Gasteiger partial charge in [-0.25, -0.2) is 9.97 Å². The molecule has 0 aliphatic carbocycles. The summed E-state index contributed by atoms with van der Waals surface area (Å²) in [6.45, 7) is 0. The number of nitrogens with one attached hydrogen (secondary N) is 1. The molecular weight excluding hydrogens is 396 g/mol. The van der Waals surface area contributed by atoms with Crippen molar-refractivity contribution in [3.8, 4) is 5.69 Å². The normalized spacial score (nSPS) is 12.4. The Morgan fingerprint density at radius 3 is 2.19 bits per heavy atom. The summed E-state index contributed by atoms with van der Waals surface area (Å²) in [6, 6.07) is 31.5. The molecule has 8 aromatic rings. The van der Waals surface area contributed by atoms with Crippen molar-refractivity contribution < 1.29 is 0 Å². The molecular formula is C26H16N6. The van der Waals surface area contributed by atoms with Gasteiger partial charge in [0, 0.05) is 0 Å². The van der Waals surface area contributed by atoms with Crippen molar-refractivity contribution in [1.82, 2.24) is 28.3 Å². The van der Waals surface area contributed by atoms with Crippen LogP contribution in [-0.2, 0) is 0 Å². The van der Waals surface area contributed by atoms with E-state index >= 15 is 0 Å². The fraction of sp³-hybridized carbons (Fsp3) is 0. The molecule has 0 fully saturated rings. The first-order valence-corrected chi connectivity index (χ1v) is 10.6. The predicted molar refractivity (Wildman–Crippen MR) is 128 cm³/mol. The van der Waals surface area contributed by atoms with Gasteiger partial charge >= 0.3 is 0 Å². The Hall–Kier alpha value is -4.58. The highest BCUT2D eigenvalue weighted by Crippen LogP contribution is 2.31. The number of rotatable bonds is 1. The number of fused-ring (bicyclic) bond motifs is 10. The second-order valence-electron chi connectivity index (χ2n) is 8.15. The van der Waals surface area contributed by atoms with Crippen LogP contribution in [0, 0.1) is 0 Å². The van der Waals surface area contributed by atoms with E-state index in [2.05, 4.69) is 97.2 Å². The second kappa shape index (κ2) is 5.56. The van der Waals surface area contributed by atoms with E-state index in [0.29, 0.717) is 0 Å². The summed E-state index contributed by atoms with van der Waals surface area (Å²) in [6.07, 6.45) is 0. The fourth-order valence-electron chi connectivity index (χ4n) is 5.03. The van der Waals surface area contributed by atoms with Crippen molar-refractivity contribution in [2.45, 2.75) is 0 Å². The lowest BCUT2D eigenvalue weighted by molar-refractivity contribution is 1.11. The molecule has 0 unspecified atom stereocenters. The monoisotopic (exact) mass is 412 g/mol. The van der Waals surface area contributed by atoms with Crippen LogP contribution in [0.3, 0.4) is 0 Å². The maximum Gasteiger partial charge on any atom is 0.220 e. The first-order chi connectivity index (χ1) is 15.9. The molecule has 0 saturated carbocycles.